The van der Waals surface area contributed by atoms with E-state index in [1.54, 1.807) is 6.08 Å². The summed E-state index contributed by atoms with van der Waals surface area (Å²) in [6.07, 6.45) is 2.41. The third-order valence-electron chi connectivity index (χ3n) is 4.31. The lowest BCUT2D eigenvalue weighted by Crippen LogP contribution is -2.49. The lowest BCUT2D eigenvalue weighted by Gasteiger charge is -2.36. The Balaban J connectivity index is 1.77. The number of carbonyl (C=O) groups is 2. The van der Waals surface area contributed by atoms with Crippen molar-refractivity contribution in [1.29, 1.82) is 0 Å². The van der Waals surface area contributed by atoms with E-state index >= 15 is 0 Å². The average Bonchev–Trinajstić information content (AvgIpc) is 2.60. The van der Waals surface area contributed by atoms with Gasteiger partial charge in [0, 0.05) is 56.3 Å². The zero-order valence-electron chi connectivity index (χ0n) is 14.7. The van der Waals surface area contributed by atoms with E-state index in [9.17, 15) is 9.59 Å². The molecular formula is C19H26ClN3O2. The Labute approximate surface area is 154 Å². The number of rotatable bonds is 7. The topological polar surface area (TPSA) is 52.7 Å². The first-order chi connectivity index (χ1) is 12.0. The Hall–Kier alpha value is -2.01. The Morgan fingerprint density at radius 3 is 2.64 bits per heavy atom. The van der Waals surface area contributed by atoms with Crippen molar-refractivity contribution < 1.29 is 9.59 Å². The molecule has 0 aliphatic carbocycles. The lowest BCUT2D eigenvalue weighted by molar-refractivity contribution is -0.132. The largest absolute Gasteiger partial charge is 0.368 e. The summed E-state index contributed by atoms with van der Waals surface area (Å²) < 4.78 is 0. The number of nitrogens with zero attached hydrogens (tertiary/aromatic N) is 2. The van der Waals surface area contributed by atoms with Crippen molar-refractivity contribution in [2.24, 2.45) is 5.92 Å². The van der Waals surface area contributed by atoms with Crippen LogP contribution in [0.25, 0.3) is 0 Å². The van der Waals surface area contributed by atoms with Gasteiger partial charge in [0.15, 0.2) is 0 Å². The van der Waals surface area contributed by atoms with Crippen LogP contribution < -0.4 is 10.2 Å². The molecule has 1 aromatic rings. The zero-order chi connectivity index (χ0) is 18.2. The van der Waals surface area contributed by atoms with Crippen LogP contribution in [0.3, 0.4) is 0 Å². The summed E-state index contributed by atoms with van der Waals surface area (Å²) in [4.78, 5) is 28.3. The number of carbonyl (C=O) groups excluding carboxylic acids is 2. The van der Waals surface area contributed by atoms with Gasteiger partial charge in [-0.15, -0.1) is 6.58 Å². The Kier molecular flexibility index (Phi) is 7.31. The third kappa shape index (κ3) is 6.09. The molecule has 1 atom stereocenters. The van der Waals surface area contributed by atoms with Crippen LogP contribution in [0.15, 0.2) is 36.9 Å². The molecule has 1 aliphatic heterocycles. The number of amides is 2. The zero-order valence-corrected chi connectivity index (χ0v) is 15.5. The molecule has 1 fully saturated rings. The standard InChI is InChI=1S/C19H26ClN3O2/c1-3-7-21-18(24)12-15(2)13-19(25)23-10-8-22(9-11-23)17-6-4-5-16(20)14-17/h3-6,14-15H,1,7-13H2,2H3,(H,21,24)/t15-/m0/s1. The van der Waals surface area contributed by atoms with Gasteiger partial charge in [-0.05, 0) is 24.1 Å². The van der Waals surface area contributed by atoms with Crippen LogP contribution >= 0.6 is 11.6 Å². The maximum Gasteiger partial charge on any atom is 0.222 e. The maximum atomic E-state index is 12.4. The molecular weight excluding hydrogens is 338 g/mol. The average molecular weight is 364 g/mol. The summed E-state index contributed by atoms with van der Waals surface area (Å²) in [5.74, 6) is 0.115. The normalized spacial score (nSPS) is 15.6. The van der Waals surface area contributed by atoms with Crippen molar-refractivity contribution >= 4 is 29.1 Å². The molecule has 0 aromatic heterocycles. The molecule has 0 spiro atoms. The molecule has 1 saturated heterocycles. The molecule has 2 rings (SSSR count). The van der Waals surface area contributed by atoms with Gasteiger partial charge in [0.25, 0.3) is 0 Å². The minimum atomic E-state index is -0.0361. The smallest absolute Gasteiger partial charge is 0.222 e. The van der Waals surface area contributed by atoms with Crippen LogP contribution in [0.1, 0.15) is 19.8 Å². The minimum Gasteiger partial charge on any atom is -0.368 e. The fourth-order valence-corrected chi connectivity index (χ4v) is 3.15. The number of hydrogen-bond acceptors (Lipinski definition) is 3. The Morgan fingerprint density at radius 2 is 2.00 bits per heavy atom. The first kappa shape index (κ1) is 19.3. The first-order valence-electron chi connectivity index (χ1n) is 8.65. The molecule has 1 heterocycles. The first-order valence-corrected chi connectivity index (χ1v) is 9.03. The second-order valence-corrected chi connectivity index (χ2v) is 6.89. The molecule has 2 amide bonds. The molecule has 5 nitrogen and oxygen atoms in total. The molecule has 25 heavy (non-hydrogen) atoms. The summed E-state index contributed by atoms with van der Waals surface area (Å²) in [5, 5.41) is 3.47. The van der Waals surface area contributed by atoms with Gasteiger partial charge in [-0.25, -0.2) is 0 Å². The van der Waals surface area contributed by atoms with E-state index in [1.807, 2.05) is 36.1 Å². The number of anilines is 1. The van der Waals surface area contributed by atoms with Gasteiger partial charge in [-0.3, -0.25) is 9.59 Å². The van der Waals surface area contributed by atoms with Gasteiger partial charge >= 0.3 is 0 Å². The summed E-state index contributed by atoms with van der Waals surface area (Å²) >= 11 is 6.04. The van der Waals surface area contributed by atoms with Crippen molar-refractivity contribution in [3.05, 3.63) is 41.9 Å². The van der Waals surface area contributed by atoms with E-state index in [-0.39, 0.29) is 17.7 Å². The highest BCUT2D eigenvalue weighted by atomic mass is 35.5. The number of halogens is 1. The minimum absolute atomic E-state index is 0.0308. The molecule has 1 aliphatic rings. The van der Waals surface area contributed by atoms with Crippen LogP contribution in [0, 0.1) is 5.92 Å². The van der Waals surface area contributed by atoms with E-state index in [0.717, 1.165) is 23.8 Å². The van der Waals surface area contributed by atoms with Crippen molar-refractivity contribution in [2.45, 2.75) is 19.8 Å². The summed E-state index contributed by atoms with van der Waals surface area (Å²) in [6, 6.07) is 7.78. The molecule has 1 N–H and O–H groups in total. The summed E-state index contributed by atoms with van der Waals surface area (Å²) in [7, 11) is 0. The highest BCUT2D eigenvalue weighted by Crippen LogP contribution is 2.21. The van der Waals surface area contributed by atoms with E-state index in [2.05, 4.69) is 16.8 Å². The SMILES string of the molecule is C=CCNC(=O)C[C@H](C)CC(=O)N1CCN(c2cccc(Cl)c2)CC1. The van der Waals surface area contributed by atoms with Crippen LogP contribution in [0.2, 0.25) is 5.02 Å². The van der Waals surface area contributed by atoms with E-state index in [4.69, 9.17) is 11.6 Å². The van der Waals surface area contributed by atoms with Gasteiger partial charge in [-0.1, -0.05) is 30.7 Å². The highest BCUT2D eigenvalue weighted by Gasteiger charge is 2.23. The Bertz CT molecular complexity index is 612. The van der Waals surface area contributed by atoms with E-state index in [1.165, 1.54) is 0 Å². The number of piperazine rings is 1. The van der Waals surface area contributed by atoms with Crippen molar-refractivity contribution in [3.63, 3.8) is 0 Å². The number of hydrogen-bond donors (Lipinski definition) is 1. The van der Waals surface area contributed by atoms with Crippen molar-refractivity contribution in [2.75, 3.05) is 37.6 Å². The predicted molar refractivity (Wildman–Crippen MR) is 102 cm³/mol. The predicted octanol–water partition coefficient (Wildman–Crippen LogP) is 2.71. The molecule has 1 aromatic carbocycles. The van der Waals surface area contributed by atoms with Gasteiger partial charge in [-0.2, -0.15) is 0 Å². The molecule has 6 heteroatoms. The highest BCUT2D eigenvalue weighted by molar-refractivity contribution is 6.30. The molecule has 0 radical (unpaired) electrons. The quantitative estimate of drug-likeness (QED) is 0.758. The number of benzene rings is 1. The Morgan fingerprint density at radius 1 is 1.28 bits per heavy atom. The third-order valence-corrected chi connectivity index (χ3v) is 4.54. The van der Waals surface area contributed by atoms with Gasteiger partial charge < -0.3 is 15.1 Å². The molecule has 136 valence electrons. The van der Waals surface area contributed by atoms with Gasteiger partial charge in [0.05, 0.1) is 0 Å². The van der Waals surface area contributed by atoms with E-state index < -0.39 is 0 Å². The second kappa shape index (κ2) is 9.47. The summed E-state index contributed by atoms with van der Waals surface area (Å²) in [5.41, 5.74) is 1.09. The van der Waals surface area contributed by atoms with Crippen molar-refractivity contribution in [1.82, 2.24) is 10.2 Å². The monoisotopic (exact) mass is 363 g/mol. The van der Waals surface area contributed by atoms with Crippen LogP contribution in [0.5, 0.6) is 0 Å². The lowest BCUT2D eigenvalue weighted by atomic mass is 10.0. The fraction of sp³-hybridized carbons (Fsp3) is 0.474. The van der Waals surface area contributed by atoms with Crippen molar-refractivity contribution in [3.8, 4) is 0 Å². The van der Waals surface area contributed by atoms with Gasteiger partial charge in [0.2, 0.25) is 11.8 Å². The van der Waals surface area contributed by atoms with Crippen LogP contribution in [-0.4, -0.2) is 49.4 Å². The number of nitrogens with one attached hydrogen (secondary N) is 1. The van der Waals surface area contributed by atoms with E-state index in [0.29, 0.717) is 32.5 Å². The van der Waals surface area contributed by atoms with Crippen LogP contribution in [-0.2, 0) is 9.59 Å². The molecule has 0 saturated carbocycles. The van der Waals surface area contributed by atoms with Gasteiger partial charge in [0.1, 0.15) is 0 Å². The second-order valence-electron chi connectivity index (χ2n) is 6.45. The molecule has 0 unspecified atom stereocenters. The molecule has 0 bridgehead atoms. The summed E-state index contributed by atoms with van der Waals surface area (Å²) in [6.45, 7) is 8.94. The van der Waals surface area contributed by atoms with Crippen LogP contribution in [0.4, 0.5) is 5.69 Å². The fourth-order valence-electron chi connectivity index (χ4n) is 2.96. The maximum absolute atomic E-state index is 12.4.